The number of benzene rings is 1. The van der Waals surface area contributed by atoms with Crippen LogP contribution in [0.2, 0.25) is 0 Å². The highest BCUT2D eigenvalue weighted by Gasteiger charge is 2.11. The summed E-state index contributed by atoms with van der Waals surface area (Å²) < 4.78 is 11.3. The lowest BCUT2D eigenvalue weighted by atomic mass is 10.2. The number of rotatable bonds is 7. The number of hydrogen-bond donors (Lipinski definition) is 1. The molecule has 7 nitrogen and oxygen atoms in total. The molecule has 0 bridgehead atoms. The van der Waals surface area contributed by atoms with Crippen molar-refractivity contribution in [2.45, 2.75) is 17.0 Å². The van der Waals surface area contributed by atoms with E-state index in [0.29, 0.717) is 17.5 Å². The molecule has 0 saturated carbocycles. The Labute approximate surface area is 141 Å². The van der Waals surface area contributed by atoms with Crippen molar-refractivity contribution in [2.75, 3.05) is 19.0 Å². The first-order valence-corrected chi connectivity index (χ1v) is 8.76. The summed E-state index contributed by atoms with van der Waals surface area (Å²) in [6, 6.07) is 7.52. The standard InChI is InChI=1S/C14H15N5O2S2/c1-3-15-13-17-18-14(23-13)22-8-11-16-12(19-21-11)9-4-6-10(20-2)7-5-9/h4-7H,3,8H2,1-2H3,(H,15,17). The Kier molecular flexibility index (Phi) is 5.09. The van der Waals surface area contributed by atoms with Crippen molar-refractivity contribution in [3.05, 3.63) is 30.2 Å². The lowest BCUT2D eigenvalue weighted by molar-refractivity contribution is 0.391. The molecule has 120 valence electrons. The third-order valence-corrected chi connectivity index (χ3v) is 4.87. The predicted octanol–water partition coefficient (Wildman–Crippen LogP) is 3.32. The highest BCUT2D eigenvalue weighted by atomic mass is 32.2. The van der Waals surface area contributed by atoms with E-state index in [4.69, 9.17) is 9.26 Å². The molecule has 1 N–H and O–H groups in total. The molecule has 1 aromatic carbocycles. The number of methoxy groups -OCH3 is 1. The smallest absolute Gasteiger partial charge is 0.237 e. The minimum atomic E-state index is 0.556. The molecule has 23 heavy (non-hydrogen) atoms. The molecule has 0 unspecified atom stereocenters. The lowest BCUT2D eigenvalue weighted by Crippen LogP contribution is -1.94. The van der Waals surface area contributed by atoms with Crippen LogP contribution in [0.25, 0.3) is 11.4 Å². The van der Waals surface area contributed by atoms with E-state index in [1.165, 1.54) is 23.1 Å². The van der Waals surface area contributed by atoms with Gasteiger partial charge in [-0.2, -0.15) is 4.98 Å². The molecule has 3 aromatic rings. The molecule has 2 heterocycles. The molecular weight excluding hydrogens is 334 g/mol. The van der Waals surface area contributed by atoms with Gasteiger partial charge in [0.15, 0.2) is 4.34 Å². The lowest BCUT2D eigenvalue weighted by Gasteiger charge is -1.98. The van der Waals surface area contributed by atoms with E-state index in [9.17, 15) is 0 Å². The largest absolute Gasteiger partial charge is 0.497 e. The maximum absolute atomic E-state index is 5.28. The Bertz CT molecular complexity index is 757. The van der Waals surface area contributed by atoms with Gasteiger partial charge in [-0.3, -0.25) is 0 Å². The Morgan fingerprint density at radius 3 is 2.83 bits per heavy atom. The molecule has 0 aliphatic rings. The second-order valence-electron chi connectivity index (χ2n) is 4.43. The van der Waals surface area contributed by atoms with Gasteiger partial charge in [-0.25, -0.2) is 0 Å². The highest BCUT2D eigenvalue weighted by Crippen LogP contribution is 2.28. The van der Waals surface area contributed by atoms with Crippen LogP contribution in [0.1, 0.15) is 12.8 Å². The summed E-state index contributed by atoms with van der Waals surface area (Å²) in [5.74, 6) is 2.47. The average Bonchev–Trinajstić information content (AvgIpc) is 3.23. The van der Waals surface area contributed by atoms with Gasteiger partial charge in [0.1, 0.15) is 5.75 Å². The third-order valence-electron chi connectivity index (χ3n) is 2.87. The summed E-state index contributed by atoms with van der Waals surface area (Å²) in [6.45, 7) is 2.85. The van der Waals surface area contributed by atoms with Gasteiger partial charge in [-0.15, -0.1) is 10.2 Å². The van der Waals surface area contributed by atoms with Crippen LogP contribution in [-0.2, 0) is 5.75 Å². The van der Waals surface area contributed by atoms with Crippen molar-refractivity contribution in [3.8, 4) is 17.1 Å². The third kappa shape index (κ3) is 3.99. The van der Waals surface area contributed by atoms with Gasteiger partial charge < -0.3 is 14.6 Å². The second-order valence-corrected chi connectivity index (χ2v) is 6.63. The van der Waals surface area contributed by atoms with Crippen LogP contribution in [0.4, 0.5) is 5.13 Å². The van der Waals surface area contributed by atoms with Gasteiger partial charge in [-0.05, 0) is 31.2 Å². The Balaban J connectivity index is 1.62. The summed E-state index contributed by atoms with van der Waals surface area (Å²) >= 11 is 3.03. The van der Waals surface area contributed by atoms with E-state index in [2.05, 4.69) is 25.7 Å². The molecule has 3 rings (SSSR count). The maximum Gasteiger partial charge on any atom is 0.237 e. The Morgan fingerprint density at radius 1 is 1.26 bits per heavy atom. The topological polar surface area (TPSA) is 86.0 Å². The van der Waals surface area contributed by atoms with Gasteiger partial charge in [0.2, 0.25) is 16.8 Å². The summed E-state index contributed by atoms with van der Waals surface area (Å²) in [6.07, 6.45) is 0. The molecule has 0 aliphatic carbocycles. The number of ether oxygens (including phenoxy) is 1. The van der Waals surface area contributed by atoms with E-state index >= 15 is 0 Å². The minimum absolute atomic E-state index is 0.556. The molecule has 0 radical (unpaired) electrons. The Morgan fingerprint density at radius 2 is 2.09 bits per heavy atom. The molecule has 0 saturated heterocycles. The number of thioether (sulfide) groups is 1. The van der Waals surface area contributed by atoms with Gasteiger partial charge >= 0.3 is 0 Å². The quantitative estimate of drug-likeness (QED) is 0.650. The first-order valence-electron chi connectivity index (χ1n) is 6.95. The summed E-state index contributed by atoms with van der Waals surface area (Å²) in [4.78, 5) is 4.40. The minimum Gasteiger partial charge on any atom is -0.497 e. The number of nitrogens with one attached hydrogen (secondary N) is 1. The molecular formula is C14H15N5O2S2. The fourth-order valence-electron chi connectivity index (χ4n) is 1.79. The SMILES string of the molecule is CCNc1nnc(SCc2nc(-c3ccc(OC)cc3)no2)s1. The van der Waals surface area contributed by atoms with Crippen LogP contribution < -0.4 is 10.1 Å². The van der Waals surface area contributed by atoms with Crippen LogP contribution >= 0.6 is 23.1 Å². The molecule has 0 fully saturated rings. The molecule has 9 heteroatoms. The van der Waals surface area contributed by atoms with Crippen LogP contribution in [0.15, 0.2) is 33.1 Å². The normalized spacial score (nSPS) is 10.7. The summed E-state index contributed by atoms with van der Waals surface area (Å²) in [5, 5.41) is 16.1. The number of anilines is 1. The second kappa shape index (κ2) is 7.42. The summed E-state index contributed by atoms with van der Waals surface area (Å²) in [7, 11) is 1.63. The van der Waals surface area contributed by atoms with Crippen molar-refractivity contribution in [1.29, 1.82) is 0 Å². The molecule has 0 atom stereocenters. The van der Waals surface area contributed by atoms with E-state index in [1.54, 1.807) is 7.11 Å². The zero-order chi connectivity index (χ0) is 16.1. The van der Waals surface area contributed by atoms with Gasteiger partial charge in [0.25, 0.3) is 0 Å². The monoisotopic (exact) mass is 349 g/mol. The van der Waals surface area contributed by atoms with E-state index in [0.717, 1.165) is 27.3 Å². The molecule has 0 aliphatic heterocycles. The molecule has 2 aromatic heterocycles. The fourth-order valence-corrected chi connectivity index (χ4v) is 3.44. The number of aromatic nitrogens is 4. The highest BCUT2D eigenvalue weighted by molar-refractivity contribution is 8.00. The zero-order valence-corrected chi connectivity index (χ0v) is 14.3. The van der Waals surface area contributed by atoms with Crippen LogP contribution in [0.3, 0.4) is 0 Å². The van der Waals surface area contributed by atoms with Crippen LogP contribution in [-0.4, -0.2) is 34.0 Å². The van der Waals surface area contributed by atoms with Gasteiger partial charge in [0, 0.05) is 12.1 Å². The number of nitrogens with zero attached hydrogens (tertiary/aromatic N) is 4. The van der Waals surface area contributed by atoms with Crippen LogP contribution in [0, 0.1) is 0 Å². The van der Waals surface area contributed by atoms with Crippen molar-refractivity contribution >= 4 is 28.2 Å². The van der Waals surface area contributed by atoms with Crippen molar-refractivity contribution in [2.24, 2.45) is 0 Å². The van der Waals surface area contributed by atoms with E-state index < -0.39 is 0 Å². The van der Waals surface area contributed by atoms with Crippen molar-refractivity contribution in [3.63, 3.8) is 0 Å². The van der Waals surface area contributed by atoms with E-state index in [1.807, 2.05) is 31.2 Å². The van der Waals surface area contributed by atoms with E-state index in [-0.39, 0.29) is 0 Å². The maximum atomic E-state index is 5.28. The molecule has 0 amide bonds. The van der Waals surface area contributed by atoms with Gasteiger partial charge in [-0.1, -0.05) is 28.3 Å². The van der Waals surface area contributed by atoms with Crippen molar-refractivity contribution < 1.29 is 9.26 Å². The predicted molar refractivity (Wildman–Crippen MR) is 89.9 cm³/mol. The zero-order valence-electron chi connectivity index (χ0n) is 12.6. The number of hydrogen-bond acceptors (Lipinski definition) is 9. The van der Waals surface area contributed by atoms with Crippen molar-refractivity contribution in [1.82, 2.24) is 20.3 Å². The van der Waals surface area contributed by atoms with Gasteiger partial charge in [0.05, 0.1) is 12.9 Å². The Hall–Kier alpha value is -2.13. The average molecular weight is 349 g/mol. The first kappa shape index (κ1) is 15.8. The fraction of sp³-hybridized carbons (Fsp3) is 0.286. The first-order chi connectivity index (χ1) is 11.3. The molecule has 0 spiro atoms. The van der Waals surface area contributed by atoms with Crippen LogP contribution in [0.5, 0.6) is 5.75 Å². The summed E-state index contributed by atoms with van der Waals surface area (Å²) in [5.41, 5.74) is 0.885.